The highest BCUT2D eigenvalue weighted by Crippen LogP contribution is 2.38. The lowest BCUT2D eigenvalue weighted by Gasteiger charge is -2.17. The van der Waals surface area contributed by atoms with Crippen molar-refractivity contribution >= 4 is 11.6 Å². The molecule has 0 aliphatic rings. The molecule has 1 aromatic heterocycles. The Morgan fingerprint density at radius 2 is 1.68 bits per heavy atom. The van der Waals surface area contributed by atoms with Crippen LogP contribution in [0.2, 0.25) is 0 Å². The summed E-state index contributed by atoms with van der Waals surface area (Å²) < 4.78 is 94.3. The molecule has 0 aliphatic carbocycles. The van der Waals surface area contributed by atoms with E-state index in [1.807, 2.05) is 5.32 Å². The highest BCUT2D eigenvalue weighted by molar-refractivity contribution is 6.06. The fraction of sp³-hybridized carbons (Fsp3) is 0.190. The zero-order valence-corrected chi connectivity index (χ0v) is 16.8. The number of anilines is 1. The van der Waals surface area contributed by atoms with Crippen molar-refractivity contribution in [3.8, 4) is 11.3 Å². The number of aliphatic hydroxyl groups excluding tert-OH is 1. The number of carbonyl (C=O) groups is 1. The number of rotatable bonds is 5. The van der Waals surface area contributed by atoms with Crippen LogP contribution in [0.3, 0.4) is 0 Å². The standard InChI is InChI=1S/C21H14F7N3O3/c22-15-6-5-11(20(23,24)25)9-13(15)19(34)29-16-10-17(33)31(7-8-32)30-18(16)12-3-1-2-4-14(12)21(26,27)28/h1-6,9-10,32H,7-8H2,(H,29,34). The molecule has 3 aromatic rings. The van der Waals surface area contributed by atoms with Gasteiger partial charge in [0.2, 0.25) is 0 Å². The topological polar surface area (TPSA) is 84.2 Å². The van der Waals surface area contributed by atoms with Crippen molar-refractivity contribution < 1.29 is 40.6 Å². The number of aromatic nitrogens is 2. The van der Waals surface area contributed by atoms with E-state index in [1.165, 1.54) is 6.07 Å². The highest BCUT2D eigenvalue weighted by atomic mass is 19.4. The molecular weight excluding hydrogens is 475 g/mol. The number of nitrogens with zero attached hydrogens (tertiary/aromatic N) is 2. The van der Waals surface area contributed by atoms with E-state index in [0.717, 1.165) is 18.2 Å². The summed E-state index contributed by atoms with van der Waals surface area (Å²) in [6.07, 6.45) is -9.77. The van der Waals surface area contributed by atoms with Gasteiger partial charge in [0.15, 0.2) is 0 Å². The van der Waals surface area contributed by atoms with Gasteiger partial charge in [0.25, 0.3) is 11.5 Å². The minimum absolute atomic E-state index is 0.231. The lowest BCUT2D eigenvalue weighted by molar-refractivity contribution is -0.138. The maximum Gasteiger partial charge on any atom is 0.417 e. The number of nitrogens with one attached hydrogen (secondary N) is 1. The molecule has 0 atom stereocenters. The van der Waals surface area contributed by atoms with Crippen LogP contribution in [0, 0.1) is 5.82 Å². The third-order valence-electron chi connectivity index (χ3n) is 4.58. The fourth-order valence-corrected chi connectivity index (χ4v) is 3.04. The van der Waals surface area contributed by atoms with Crippen LogP contribution in [-0.4, -0.2) is 27.4 Å². The van der Waals surface area contributed by atoms with E-state index < -0.39 is 76.4 Å². The largest absolute Gasteiger partial charge is 0.417 e. The second-order valence-corrected chi connectivity index (χ2v) is 6.88. The van der Waals surface area contributed by atoms with Crippen molar-refractivity contribution in [3.05, 3.63) is 81.4 Å². The van der Waals surface area contributed by atoms with Crippen molar-refractivity contribution in [2.75, 3.05) is 11.9 Å². The van der Waals surface area contributed by atoms with Crippen molar-refractivity contribution in [1.82, 2.24) is 9.78 Å². The van der Waals surface area contributed by atoms with Crippen LogP contribution in [0.15, 0.2) is 53.3 Å². The van der Waals surface area contributed by atoms with E-state index in [4.69, 9.17) is 5.11 Å². The molecule has 0 saturated heterocycles. The van der Waals surface area contributed by atoms with E-state index in [-0.39, 0.29) is 6.07 Å². The Labute approximate surface area is 186 Å². The van der Waals surface area contributed by atoms with E-state index in [1.54, 1.807) is 0 Å². The van der Waals surface area contributed by atoms with Crippen LogP contribution in [-0.2, 0) is 18.9 Å². The average Bonchev–Trinajstić information content (AvgIpc) is 2.74. The summed E-state index contributed by atoms with van der Waals surface area (Å²) in [5.41, 5.74) is -6.25. The van der Waals surface area contributed by atoms with Gasteiger partial charge in [0.1, 0.15) is 11.5 Å². The summed E-state index contributed by atoms with van der Waals surface area (Å²) >= 11 is 0. The molecule has 3 rings (SSSR count). The molecule has 0 aliphatic heterocycles. The summed E-state index contributed by atoms with van der Waals surface area (Å²) in [7, 11) is 0. The summed E-state index contributed by atoms with van der Waals surface area (Å²) in [4.78, 5) is 24.8. The van der Waals surface area contributed by atoms with Crippen LogP contribution in [0.4, 0.5) is 36.4 Å². The van der Waals surface area contributed by atoms with E-state index in [0.29, 0.717) is 22.9 Å². The van der Waals surface area contributed by atoms with Gasteiger partial charge in [-0.15, -0.1) is 0 Å². The molecule has 34 heavy (non-hydrogen) atoms. The first-order valence-electron chi connectivity index (χ1n) is 9.40. The molecular formula is C21H14F7N3O3. The lowest BCUT2D eigenvalue weighted by atomic mass is 10.0. The Morgan fingerprint density at radius 3 is 2.29 bits per heavy atom. The molecule has 0 unspecified atom stereocenters. The number of amides is 1. The smallest absolute Gasteiger partial charge is 0.394 e. The van der Waals surface area contributed by atoms with Crippen LogP contribution < -0.4 is 10.9 Å². The van der Waals surface area contributed by atoms with Crippen LogP contribution in [0.1, 0.15) is 21.5 Å². The zero-order valence-electron chi connectivity index (χ0n) is 16.8. The number of hydrogen-bond donors (Lipinski definition) is 2. The highest BCUT2D eigenvalue weighted by Gasteiger charge is 2.35. The number of aliphatic hydroxyl groups is 1. The van der Waals surface area contributed by atoms with Gasteiger partial charge in [-0.1, -0.05) is 18.2 Å². The predicted octanol–water partition coefficient (Wildman–Crippen LogP) is 4.33. The Hall–Kier alpha value is -3.74. The van der Waals surface area contributed by atoms with Crippen molar-refractivity contribution in [3.63, 3.8) is 0 Å². The summed E-state index contributed by atoms with van der Waals surface area (Å²) in [6.45, 7) is -0.981. The van der Waals surface area contributed by atoms with Gasteiger partial charge in [-0.05, 0) is 24.3 Å². The van der Waals surface area contributed by atoms with Crippen molar-refractivity contribution in [2.24, 2.45) is 0 Å². The van der Waals surface area contributed by atoms with E-state index in [9.17, 15) is 40.3 Å². The summed E-state index contributed by atoms with van der Waals surface area (Å²) in [5.74, 6) is -2.78. The first kappa shape index (κ1) is 24.9. The molecule has 0 radical (unpaired) electrons. The van der Waals surface area contributed by atoms with E-state index in [2.05, 4.69) is 5.10 Å². The maximum absolute atomic E-state index is 14.1. The Bertz CT molecular complexity index is 1280. The Morgan fingerprint density at radius 1 is 1.00 bits per heavy atom. The van der Waals surface area contributed by atoms with Gasteiger partial charge in [-0.2, -0.15) is 31.4 Å². The van der Waals surface area contributed by atoms with Crippen LogP contribution in [0.25, 0.3) is 11.3 Å². The maximum atomic E-state index is 14.1. The van der Waals surface area contributed by atoms with E-state index >= 15 is 0 Å². The van der Waals surface area contributed by atoms with Crippen LogP contribution in [0.5, 0.6) is 0 Å². The first-order valence-corrected chi connectivity index (χ1v) is 9.40. The number of carbonyl (C=O) groups excluding carboxylic acids is 1. The fourth-order valence-electron chi connectivity index (χ4n) is 3.04. The van der Waals surface area contributed by atoms with Crippen molar-refractivity contribution in [2.45, 2.75) is 18.9 Å². The van der Waals surface area contributed by atoms with Crippen molar-refractivity contribution in [1.29, 1.82) is 0 Å². The minimum atomic E-state index is -4.90. The molecule has 13 heteroatoms. The zero-order chi connectivity index (χ0) is 25.3. The number of halogens is 7. The Kier molecular flexibility index (Phi) is 6.77. The molecule has 2 aromatic carbocycles. The molecule has 1 heterocycles. The second kappa shape index (κ2) is 9.25. The third-order valence-corrected chi connectivity index (χ3v) is 4.58. The molecule has 0 bridgehead atoms. The van der Waals surface area contributed by atoms with Gasteiger partial charge in [-0.25, -0.2) is 9.07 Å². The number of hydrogen-bond acceptors (Lipinski definition) is 4. The SMILES string of the molecule is O=C(Nc1cc(=O)n(CCO)nc1-c1ccccc1C(F)(F)F)c1cc(C(F)(F)F)ccc1F. The van der Waals surface area contributed by atoms with Gasteiger partial charge < -0.3 is 10.4 Å². The molecule has 180 valence electrons. The third kappa shape index (κ3) is 5.25. The lowest BCUT2D eigenvalue weighted by Crippen LogP contribution is -2.27. The monoisotopic (exact) mass is 489 g/mol. The summed E-state index contributed by atoms with van der Waals surface area (Å²) in [6, 6.07) is 5.76. The number of alkyl halides is 6. The molecule has 0 fully saturated rings. The first-order chi connectivity index (χ1) is 15.8. The van der Waals surface area contributed by atoms with Gasteiger partial charge in [0.05, 0.1) is 35.5 Å². The molecule has 1 amide bonds. The second-order valence-electron chi connectivity index (χ2n) is 6.88. The van der Waals surface area contributed by atoms with Gasteiger partial charge in [0, 0.05) is 11.6 Å². The van der Waals surface area contributed by atoms with Gasteiger partial charge >= 0.3 is 12.4 Å². The predicted molar refractivity (Wildman–Crippen MR) is 105 cm³/mol. The summed E-state index contributed by atoms with van der Waals surface area (Å²) in [5, 5.41) is 14.9. The number of benzene rings is 2. The quantitative estimate of drug-likeness (QED) is 0.523. The normalized spacial score (nSPS) is 12.0. The minimum Gasteiger partial charge on any atom is -0.394 e. The van der Waals surface area contributed by atoms with Crippen LogP contribution >= 0.6 is 0 Å². The molecule has 0 saturated carbocycles. The molecule has 2 N–H and O–H groups in total. The molecule has 6 nitrogen and oxygen atoms in total. The average molecular weight is 489 g/mol. The molecule has 0 spiro atoms. The van der Waals surface area contributed by atoms with Gasteiger partial charge in [-0.3, -0.25) is 9.59 Å². The Balaban J connectivity index is 2.16.